The van der Waals surface area contributed by atoms with Crippen molar-refractivity contribution in [1.29, 1.82) is 0 Å². The fourth-order valence-corrected chi connectivity index (χ4v) is 3.60. The molecule has 0 aliphatic heterocycles. The molecule has 0 radical (unpaired) electrons. The van der Waals surface area contributed by atoms with E-state index in [1.54, 1.807) is 18.8 Å². The quantitative estimate of drug-likeness (QED) is 0.406. The predicted octanol–water partition coefficient (Wildman–Crippen LogP) is 5.27. The van der Waals surface area contributed by atoms with E-state index >= 15 is 0 Å². The molecule has 1 heterocycles. The Bertz CT molecular complexity index is 1280. The maximum atomic E-state index is 12.3. The first-order chi connectivity index (χ1) is 15.6. The molecule has 0 aliphatic rings. The second-order valence-corrected chi connectivity index (χ2v) is 7.22. The second-order valence-electron chi connectivity index (χ2n) is 7.22. The topological polar surface area (TPSA) is 85.4 Å². The number of para-hydroxylation sites is 1. The van der Waals surface area contributed by atoms with Gasteiger partial charge in [-0.15, -0.1) is 10.2 Å². The van der Waals surface area contributed by atoms with E-state index in [9.17, 15) is 9.90 Å². The van der Waals surface area contributed by atoms with Crippen LogP contribution >= 0.6 is 0 Å². The van der Waals surface area contributed by atoms with E-state index in [1.807, 2.05) is 72.8 Å². The Balaban J connectivity index is 1.65. The van der Waals surface area contributed by atoms with E-state index in [0.717, 1.165) is 16.6 Å². The van der Waals surface area contributed by atoms with Gasteiger partial charge in [0.25, 0.3) is 5.91 Å². The highest BCUT2D eigenvalue weighted by atomic mass is 16.5. The molecule has 7 nitrogen and oxygen atoms in total. The van der Waals surface area contributed by atoms with E-state index in [-0.39, 0.29) is 23.9 Å². The highest BCUT2D eigenvalue weighted by Gasteiger charge is 2.17. The summed E-state index contributed by atoms with van der Waals surface area (Å²) in [6.07, 6.45) is 0.148. The number of nitrogens with zero attached hydrogens (tertiary/aromatic N) is 3. The van der Waals surface area contributed by atoms with Gasteiger partial charge < -0.3 is 19.1 Å². The van der Waals surface area contributed by atoms with Crippen LogP contribution in [0.15, 0.2) is 83.0 Å². The summed E-state index contributed by atoms with van der Waals surface area (Å²) < 4.78 is 12.4. The third-order valence-corrected chi connectivity index (χ3v) is 5.17. The average Bonchev–Trinajstić information content (AvgIpc) is 3.09. The Morgan fingerprint density at radius 1 is 0.906 bits per heavy atom. The fourth-order valence-electron chi connectivity index (χ4n) is 3.60. The van der Waals surface area contributed by atoms with Gasteiger partial charge in [0.15, 0.2) is 17.2 Å². The van der Waals surface area contributed by atoms with E-state index in [2.05, 4.69) is 10.2 Å². The molecule has 4 rings (SSSR count). The number of hydrogen-bond acceptors (Lipinski definition) is 5. The number of ether oxygens (including phenoxy) is 2. The van der Waals surface area contributed by atoms with E-state index in [1.165, 1.54) is 0 Å². The van der Waals surface area contributed by atoms with Gasteiger partial charge in [-0.05, 0) is 29.3 Å². The standard InChI is InChI=1S/C25H23N3O4/c1-31-21-13-12-18(14-22(21)32-2)16-28-20-11-7-6-10-19(20)24(25(28)30)27-26-23(29)15-17-8-4-3-5-9-17/h3-14,30H,15-16H2,1-2H3. The minimum Gasteiger partial charge on any atom is -0.493 e. The average molecular weight is 429 g/mol. The minimum atomic E-state index is -0.382. The van der Waals surface area contributed by atoms with Crippen LogP contribution < -0.4 is 9.47 Å². The molecule has 0 saturated carbocycles. The van der Waals surface area contributed by atoms with Crippen LogP contribution in [0.3, 0.4) is 0 Å². The van der Waals surface area contributed by atoms with Gasteiger partial charge in [0.2, 0.25) is 5.88 Å². The Morgan fingerprint density at radius 2 is 1.62 bits per heavy atom. The van der Waals surface area contributed by atoms with E-state index in [4.69, 9.17) is 9.47 Å². The molecule has 4 aromatic rings. The van der Waals surface area contributed by atoms with E-state index in [0.29, 0.717) is 23.4 Å². The van der Waals surface area contributed by atoms with Gasteiger partial charge in [-0.2, -0.15) is 0 Å². The van der Waals surface area contributed by atoms with Gasteiger partial charge in [-0.25, -0.2) is 0 Å². The van der Waals surface area contributed by atoms with Gasteiger partial charge >= 0.3 is 0 Å². The number of hydrogen-bond donors (Lipinski definition) is 1. The lowest BCUT2D eigenvalue weighted by Gasteiger charge is -2.11. The monoisotopic (exact) mass is 429 g/mol. The normalized spacial score (nSPS) is 11.2. The molecule has 162 valence electrons. The first-order valence-electron chi connectivity index (χ1n) is 10.1. The van der Waals surface area contributed by atoms with Crippen molar-refractivity contribution < 1.29 is 19.4 Å². The van der Waals surface area contributed by atoms with Crippen LogP contribution in [-0.2, 0) is 17.8 Å². The lowest BCUT2D eigenvalue weighted by atomic mass is 10.1. The predicted molar refractivity (Wildman–Crippen MR) is 122 cm³/mol. The number of amides is 1. The van der Waals surface area contributed by atoms with Crippen LogP contribution in [-0.4, -0.2) is 29.8 Å². The number of fused-ring (bicyclic) bond motifs is 1. The number of aromatic nitrogens is 1. The second kappa shape index (κ2) is 9.34. The Morgan fingerprint density at radius 3 is 2.38 bits per heavy atom. The molecular formula is C25H23N3O4. The molecule has 0 unspecified atom stereocenters. The summed E-state index contributed by atoms with van der Waals surface area (Å²) in [6, 6.07) is 22.4. The number of benzene rings is 3. The van der Waals surface area contributed by atoms with E-state index < -0.39 is 0 Å². The smallest absolute Gasteiger partial charge is 0.269 e. The molecule has 0 atom stereocenters. The van der Waals surface area contributed by atoms with Gasteiger partial charge in [-0.3, -0.25) is 4.79 Å². The minimum absolute atomic E-state index is 0.0581. The van der Waals surface area contributed by atoms with Crippen LogP contribution in [0.2, 0.25) is 0 Å². The number of carbonyl (C=O) groups excluding carboxylic acids is 1. The first kappa shape index (κ1) is 21.1. The third kappa shape index (κ3) is 4.32. The zero-order valence-electron chi connectivity index (χ0n) is 17.9. The van der Waals surface area contributed by atoms with Crippen molar-refractivity contribution in [2.45, 2.75) is 13.0 Å². The summed E-state index contributed by atoms with van der Waals surface area (Å²) in [5, 5.41) is 19.6. The van der Waals surface area contributed by atoms with Crippen LogP contribution in [0.5, 0.6) is 17.4 Å². The maximum absolute atomic E-state index is 12.3. The number of methoxy groups -OCH3 is 2. The summed E-state index contributed by atoms with van der Waals surface area (Å²) in [5.74, 6) is 0.793. The summed E-state index contributed by atoms with van der Waals surface area (Å²) in [4.78, 5) is 12.3. The van der Waals surface area contributed by atoms with Crippen LogP contribution in [0.1, 0.15) is 11.1 Å². The summed E-state index contributed by atoms with van der Waals surface area (Å²) in [5.41, 5.74) is 2.81. The molecule has 32 heavy (non-hydrogen) atoms. The van der Waals surface area contributed by atoms with Crippen molar-refractivity contribution in [2.75, 3.05) is 14.2 Å². The summed E-state index contributed by atoms with van der Waals surface area (Å²) in [7, 11) is 3.16. The molecule has 1 N–H and O–H groups in total. The molecule has 0 bridgehead atoms. The highest BCUT2D eigenvalue weighted by Crippen LogP contribution is 2.39. The van der Waals surface area contributed by atoms with Crippen molar-refractivity contribution in [3.8, 4) is 17.4 Å². The van der Waals surface area contributed by atoms with Crippen LogP contribution in [0.25, 0.3) is 10.9 Å². The fraction of sp³-hybridized carbons (Fsp3) is 0.160. The largest absolute Gasteiger partial charge is 0.493 e. The van der Waals surface area contributed by atoms with Crippen LogP contribution in [0.4, 0.5) is 5.69 Å². The van der Waals surface area contributed by atoms with Crippen molar-refractivity contribution in [1.82, 2.24) is 4.57 Å². The molecular weight excluding hydrogens is 406 g/mol. The maximum Gasteiger partial charge on any atom is 0.269 e. The molecule has 7 heteroatoms. The lowest BCUT2D eigenvalue weighted by molar-refractivity contribution is -0.117. The van der Waals surface area contributed by atoms with Gasteiger partial charge in [0.05, 0.1) is 32.7 Å². The Kier molecular flexibility index (Phi) is 6.17. The van der Waals surface area contributed by atoms with Gasteiger partial charge in [-0.1, -0.05) is 54.6 Å². The molecule has 1 aromatic heterocycles. The first-order valence-corrected chi connectivity index (χ1v) is 10.1. The Labute approximate surface area is 185 Å². The molecule has 1 amide bonds. The van der Waals surface area contributed by atoms with Crippen molar-refractivity contribution in [3.63, 3.8) is 0 Å². The number of azo groups is 1. The Hall–Kier alpha value is -4.13. The molecule has 0 saturated heterocycles. The van der Waals surface area contributed by atoms with Crippen molar-refractivity contribution in [3.05, 3.63) is 83.9 Å². The van der Waals surface area contributed by atoms with Gasteiger partial charge in [0.1, 0.15) is 0 Å². The van der Waals surface area contributed by atoms with Gasteiger partial charge in [0, 0.05) is 5.39 Å². The van der Waals surface area contributed by atoms with Crippen LogP contribution in [0, 0.1) is 0 Å². The zero-order chi connectivity index (χ0) is 22.5. The molecule has 0 fully saturated rings. The zero-order valence-corrected chi connectivity index (χ0v) is 17.9. The lowest BCUT2D eigenvalue weighted by Crippen LogP contribution is -2.00. The van der Waals surface area contributed by atoms with Crippen molar-refractivity contribution in [2.24, 2.45) is 10.2 Å². The number of aromatic hydroxyl groups is 1. The molecule has 0 spiro atoms. The van der Waals surface area contributed by atoms with Crippen molar-refractivity contribution >= 4 is 22.5 Å². The number of rotatable bonds is 7. The summed E-state index contributed by atoms with van der Waals surface area (Å²) >= 11 is 0. The third-order valence-electron chi connectivity index (χ3n) is 5.17. The highest BCUT2D eigenvalue weighted by molar-refractivity contribution is 5.95. The molecule has 0 aliphatic carbocycles. The summed E-state index contributed by atoms with van der Waals surface area (Å²) in [6.45, 7) is 0.375. The number of carbonyl (C=O) groups is 1. The SMILES string of the molecule is COc1ccc(Cn2c(O)c(N=NC(=O)Cc3ccccc3)c3ccccc32)cc1OC. The molecule has 3 aromatic carbocycles.